The van der Waals surface area contributed by atoms with E-state index in [2.05, 4.69) is 26.1 Å². The number of rotatable bonds is 4. The summed E-state index contributed by atoms with van der Waals surface area (Å²) in [7, 11) is 0. The van der Waals surface area contributed by atoms with Crippen molar-refractivity contribution in [1.82, 2.24) is 5.32 Å². The minimum Gasteiger partial charge on any atom is -0.309 e. The number of hydrogen-bond acceptors (Lipinski definition) is 2. The van der Waals surface area contributed by atoms with Gasteiger partial charge in [-0.2, -0.15) is 0 Å². The van der Waals surface area contributed by atoms with Crippen LogP contribution in [0.15, 0.2) is 0 Å². The van der Waals surface area contributed by atoms with Crippen molar-refractivity contribution < 1.29 is 4.79 Å². The lowest BCUT2D eigenvalue weighted by Gasteiger charge is -2.18. The highest BCUT2D eigenvalue weighted by Crippen LogP contribution is 2.09. The Hall–Kier alpha value is -0.370. The number of Topliss-reactive ketones (excluding diaryl/α,β-unsaturated/α-hetero) is 1. The maximum atomic E-state index is 11.2. The van der Waals surface area contributed by atoms with E-state index in [1.807, 2.05) is 13.8 Å². The molecule has 0 radical (unpaired) electrons. The van der Waals surface area contributed by atoms with E-state index in [-0.39, 0.29) is 11.3 Å². The first-order chi connectivity index (χ1) is 5.33. The summed E-state index contributed by atoms with van der Waals surface area (Å²) in [6, 6.07) is 0. The van der Waals surface area contributed by atoms with Gasteiger partial charge in [0.2, 0.25) is 0 Å². The van der Waals surface area contributed by atoms with Crippen molar-refractivity contribution in [2.45, 2.75) is 34.6 Å². The molecule has 2 heteroatoms. The fourth-order valence-corrected chi connectivity index (χ4v) is 0.765. The number of nitrogens with one attached hydrogen (secondary N) is 1. The van der Waals surface area contributed by atoms with Crippen molar-refractivity contribution in [3.05, 3.63) is 0 Å². The van der Waals surface area contributed by atoms with Crippen molar-refractivity contribution in [1.29, 1.82) is 0 Å². The lowest BCUT2D eigenvalue weighted by Crippen LogP contribution is -2.32. The van der Waals surface area contributed by atoms with Gasteiger partial charge in [-0.05, 0) is 5.41 Å². The number of hydrogen-bond donors (Lipinski definition) is 1. The molecule has 0 aliphatic rings. The van der Waals surface area contributed by atoms with Crippen LogP contribution in [0.2, 0.25) is 0 Å². The van der Waals surface area contributed by atoms with Crippen LogP contribution in [0, 0.1) is 11.3 Å². The summed E-state index contributed by atoms with van der Waals surface area (Å²) >= 11 is 0. The molecule has 0 saturated heterocycles. The molecule has 0 bridgehead atoms. The molecule has 2 nitrogen and oxygen atoms in total. The number of carbonyl (C=O) groups is 1. The summed E-state index contributed by atoms with van der Waals surface area (Å²) in [6.07, 6.45) is 0. The van der Waals surface area contributed by atoms with Crippen molar-refractivity contribution in [2.75, 3.05) is 13.1 Å². The van der Waals surface area contributed by atoms with Gasteiger partial charge in [-0.3, -0.25) is 4.79 Å². The fourth-order valence-electron chi connectivity index (χ4n) is 0.765. The molecule has 0 aromatic rings. The van der Waals surface area contributed by atoms with E-state index >= 15 is 0 Å². The molecule has 0 heterocycles. The summed E-state index contributed by atoms with van der Waals surface area (Å²) < 4.78 is 0. The number of carbonyl (C=O) groups excluding carboxylic acids is 1. The zero-order valence-electron chi connectivity index (χ0n) is 8.90. The predicted molar refractivity (Wildman–Crippen MR) is 52.2 cm³/mol. The van der Waals surface area contributed by atoms with E-state index in [9.17, 15) is 4.79 Å². The van der Waals surface area contributed by atoms with Gasteiger partial charge in [0.15, 0.2) is 0 Å². The third kappa shape index (κ3) is 6.35. The fraction of sp³-hybridized carbons (Fsp3) is 0.900. The third-order valence-electron chi connectivity index (χ3n) is 1.60. The maximum Gasteiger partial charge on any atom is 0.149 e. The van der Waals surface area contributed by atoms with Crippen molar-refractivity contribution in [3.63, 3.8) is 0 Å². The first kappa shape index (κ1) is 11.6. The van der Waals surface area contributed by atoms with Crippen LogP contribution in [0.4, 0.5) is 0 Å². The lowest BCUT2D eigenvalue weighted by atomic mass is 9.97. The van der Waals surface area contributed by atoms with Gasteiger partial charge in [0, 0.05) is 12.5 Å². The van der Waals surface area contributed by atoms with Crippen LogP contribution in [0.3, 0.4) is 0 Å². The summed E-state index contributed by atoms with van der Waals surface area (Å²) in [5.74, 6) is 0.441. The van der Waals surface area contributed by atoms with Gasteiger partial charge >= 0.3 is 0 Å². The highest BCUT2D eigenvalue weighted by Gasteiger charge is 2.11. The zero-order valence-corrected chi connectivity index (χ0v) is 8.90. The standard InChI is InChI=1S/C10H21NO/c1-8(2)9(12)6-11-7-10(3,4)5/h8,11H,6-7H2,1-5H3. The molecule has 0 aliphatic heterocycles. The smallest absolute Gasteiger partial charge is 0.149 e. The van der Waals surface area contributed by atoms with Gasteiger partial charge in [-0.25, -0.2) is 0 Å². The van der Waals surface area contributed by atoms with E-state index in [0.29, 0.717) is 12.3 Å². The van der Waals surface area contributed by atoms with Crippen LogP contribution in [0.1, 0.15) is 34.6 Å². The monoisotopic (exact) mass is 171 g/mol. The van der Waals surface area contributed by atoms with Gasteiger partial charge in [-0.15, -0.1) is 0 Å². The average Bonchev–Trinajstić information content (AvgIpc) is 1.84. The quantitative estimate of drug-likeness (QED) is 0.699. The first-order valence-electron chi connectivity index (χ1n) is 4.56. The molecule has 12 heavy (non-hydrogen) atoms. The van der Waals surface area contributed by atoms with Crippen molar-refractivity contribution >= 4 is 5.78 Å². The van der Waals surface area contributed by atoms with Crippen LogP contribution in [0.5, 0.6) is 0 Å². The summed E-state index contributed by atoms with van der Waals surface area (Å²) in [5.41, 5.74) is 0.261. The summed E-state index contributed by atoms with van der Waals surface area (Å²) in [5, 5.41) is 3.16. The van der Waals surface area contributed by atoms with Gasteiger partial charge in [-0.1, -0.05) is 34.6 Å². The minimum absolute atomic E-state index is 0.150. The average molecular weight is 171 g/mol. The van der Waals surface area contributed by atoms with Gasteiger partial charge in [0.25, 0.3) is 0 Å². The van der Waals surface area contributed by atoms with E-state index in [1.165, 1.54) is 0 Å². The molecule has 1 N–H and O–H groups in total. The van der Waals surface area contributed by atoms with Crippen LogP contribution in [-0.2, 0) is 4.79 Å². The Labute approximate surface area is 75.7 Å². The van der Waals surface area contributed by atoms with Crippen LogP contribution >= 0.6 is 0 Å². The normalized spacial score (nSPS) is 12.2. The van der Waals surface area contributed by atoms with E-state index in [4.69, 9.17) is 0 Å². The Kier molecular flexibility index (Phi) is 4.46. The van der Waals surface area contributed by atoms with E-state index in [1.54, 1.807) is 0 Å². The van der Waals surface area contributed by atoms with Crippen LogP contribution in [0.25, 0.3) is 0 Å². The zero-order chi connectivity index (χ0) is 9.78. The molecule has 0 fully saturated rings. The Morgan fingerprint density at radius 1 is 1.33 bits per heavy atom. The topological polar surface area (TPSA) is 29.1 Å². The molecule has 0 unspecified atom stereocenters. The van der Waals surface area contributed by atoms with E-state index < -0.39 is 0 Å². The van der Waals surface area contributed by atoms with Crippen molar-refractivity contribution in [3.8, 4) is 0 Å². The lowest BCUT2D eigenvalue weighted by molar-refractivity contribution is -0.121. The highest BCUT2D eigenvalue weighted by atomic mass is 16.1. The first-order valence-corrected chi connectivity index (χ1v) is 4.56. The molecule has 0 aromatic heterocycles. The molecular formula is C10H21NO. The van der Waals surface area contributed by atoms with Gasteiger partial charge in [0.1, 0.15) is 5.78 Å². The SMILES string of the molecule is CC(C)C(=O)CNCC(C)(C)C. The van der Waals surface area contributed by atoms with Crippen LogP contribution in [-0.4, -0.2) is 18.9 Å². The summed E-state index contributed by atoms with van der Waals surface area (Å²) in [6.45, 7) is 11.7. The number of ketones is 1. The van der Waals surface area contributed by atoms with Gasteiger partial charge < -0.3 is 5.32 Å². The van der Waals surface area contributed by atoms with Gasteiger partial charge in [0.05, 0.1) is 6.54 Å². The molecule has 0 aliphatic carbocycles. The van der Waals surface area contributed by atoms with Crippen LogP contribution < -0.4 is 5.32 Å². The maximum absolute atomic E-state index is 11.2. The molecule has 0 rings (SSSR count). The molecule has 0 atom stereocenters. The molecular weight excluding hydrogens is 150 g/mol. The second kappa shape index (κ2) is 4.61. The predicted octanol–water partition coefficient (Wildman–Crippen LogP) is 1.85. The molecule has 72 valence electrons. The molecule has 0 amide bonds. The second-order valence-electron chi connectivity index (χ2n) is 4.79. The molecule has 0 aromatic carbocycles. The Morgan fingerprint density at radius 2 is 1.83 bits per heavy atom. The Morgan fingerprint density at radius 3 is 2.17 bits per heavy atom. The minimum atomic E-state index is 0.150. The second-order valence-corrected chi connectivity index (χ2v) is 4.79. The highest BCUT2D eigenvalue weighted by molar-refractivity contribution is 5.82. The largest absolute Gasteiger partial charge is 0.309 e. The molecule has 0 spiro atoms. The summed E-state index contributed by atoms with van der Waals surface area (Å²) in [4.78, 5) is 11.2. The third-order valence-corrected chi connectivity index (χ3v) is 1.60. The van der Waals surface area contributed by atoms with E-state index in [0.717, 1.165) is 6.54 Å². The Balaban J connectivity index is 3.51. The van der Waals surface area contributed by atoms with Crippen molar-refractivity contribution in [2.24, 2.45) is 11.3 Å². The Bertz CT molecular complexity index is 144. The molecule has 0 saturated carbocycles.